The number of hydrogen-bond acceptors (Lipinski definition) is 3. The summed E-state index contributed by atoms with van der Waals surface area (Å²) in [4.78, 5) is 2.29. The summed E-state index contributed by atoms with van der Waals surface area (Å²) < 4.78 is 12.7. The zero-order valence-corrected chi connectivity index (χ0v) is 25.4. The third-order valence-electron chi connectivity index (χ3n) is 9.43. The topological polar surface area (TPSA) is 29.5 Å². The van der Waals surface area contributed by atoms with E-state index in [-0.39, 0.29) is 0 Å². The van der Waals surface area contributed by atoms with Crippen molar-refractivity contribution in [2.24, 2.45) is 0 Å². The van der Waals surface area contributed by atoms with Crippen LogP contribution in [-0.4, -0.2) is 0 Å². The molecule has 3 nitrogen and oxygen atoms in total. The van der Waals surface area contributed by atoms with E-state index in [2.05, 4.69) is 144 Å². The highest BCUT2D eigenvalue weighted by Gasteiger charge is 2.18. The van der Waals surface area contributed by atoms with E-state index >= 15 is 0 Å². The minimum atomic E-state index is 0.861. The molecule has 0 aliphatic heterocycles. The van der Waals surface area contributed by atoms with Gasteiger partial charge in [0.15, 0.2) is 0 Å². The average molecular weight is 602 g/mol. The van der Waals surface area contributed by atoms with E-state index in [1.54, 1.807) is 0 Å². The number of para-hydroxylation sites is 2. The molecule has 0 bridgehead atoms. The molecule has 2 aromatic heterocycles. The zero-order chi connectivity index (χ0) is 30.9. The Labute approximate surface area is 270 Å². The Kier molecular flexibility index (Phi) is 5.57. The van der Waals surface area contributed by atoms with Crippen molar-refractivity contribution in [1.82, 2.24) is 0 Å². The van der Waals surface area contributed by atoms with Crippen molar-refractivity contribution in [2.45, 2.75) is 0 Å². The Hall–Kier alpha value is -6.32. The van der Waals surface area contributed by atoms with Gasteiger partial charge in [-0.1, -0.05) is 97.1 Å². The molecule has 0 fully saturated rings. The van der Waals surface area contributed by atoms with Crippen molar-refractivity contribution in [3.8, 4) is 11.1 Å². The molecule has 8 aromatic carbocycles. The number of furan rings is 2. The molecule has 0 saturated carbocycles. The van der Waals surface area contributed by atoms with Gasteiger partial charge in [0.1, 0.15) is 22.3 Å². The van der Waals surface area contributed by atoms with Gasteiger partial charge in [0.2, 0.25) is 0 Å². The van der Waals surface area contributed by atoms with Crippen molar-refractivity contribution in [3.63, 3.8) is 0 Å². The number of benzene rings is 8. The van der Waals surface area contributed by atoms with Crippen molar-refractivity contribution < 1.29 is 8.83 Å². The van der Waals surface area contributed by atoms with Crippen LogP contribution < -0.4 is 4.90 Å². The van der Waals surface area contributed by atoms with E-state index in [1.807, 2.05) is 24.3 Å². The molecule has 10 rings (SSSR count). The summed E-state index contributed by atoms with van der Waals surface area (Å²) in [6.07, 6.45) is 0. The number of nitrogens with zero attached hydrogens (tertiary/aromatic N) is 1. The van der Waals surface area contributed by atoms with Gasteiger partial charge in [-0.3, -0.25) is 0 Å². The molecule has 2 heterocycles. The molecule has 0 aliphatic rings. The second-order valence-electron chi connectivity index (χ2n) is 12.2. The fraction of sp³-hybridized carbons (Fsp3) is 0. The van der Waals surface area contributed by atoms with Crippen LogP contribution in [0.3, 0.4) is 0 Å². The predicted octanol–water partition coefficient (Wildman–Crippen LogP) is 12.9. The fourth-order valence-corrected chi connectivity index (χ4v) is 7.16. The van der Waals surface area contributed by atoms with Crippen LogP contribution in [0.1, 0.15) is 0 Å². The molecule has 0 unspecified atom stereocenters. The summed E-state index contributed by atoms with van der Waals surface area (Å²) in [5, 5.41) is 9.35. The van der Waals surface area contributed by atoms with E-state index < -0.39 is 0 Å². The third-order valence-corrected chi connectivity index (χ3v) is 9.43. The molecule has 0 spiro atoms. The molecule has 0 aliphatic carbocycles. The maximum Gasteiger partial charge on any atom is 0.137 e. The lowest BCUT2D eigenvalue weighted by Crippen LogP contribution is -2.09. The van der Waals surface area contributed by atoms with Crippen molar-refractivity contribution >= 4 is 82.5 Å². The van der Waals surface area contributed by atoms with Gasteiger partial charge in [0.05, 0.1) is 0 Å². The highest BCUT2D eigenvalue weighted by molar-refractivity contribution is 6.11. The Bertz CT molecular complexity index is 2690. The van der Waals surface area contributed by atoms with Gasteiger partial charge in [-0.2, -0.15) is 0 Å². The van der Waals surface area contributed by atoms with Crippen LogP contribution in [0.4, 0.5) is 17.1 Å². The lowest BCUT2D eigenvalue weighted by atomic mass is 9.97. The largest absolute Gasteiger partial charge is 0.456 e. The van der Waals surface area contributed by atoms with Crippen molar-refractivity contribution in [1.29, 1.82) is 0 Å². The third kappa shape index (κ3) is 4.14. The monoisotopic (exact) mass is 601 g/mol. The summed E-state index contributed by atoms with van der Waals surface area (Å²) >= 11 is 0. The molecule has 220 valence electrons. The van der Waals surface area contributed by atoms with Gasteiger partial charge in [-0.05, 0) is 87.3 Å². The lowest BCUT2D eigenvalue weighted by Gasteiger charge is -2.26. The SMILES string of the molecule is c1ccc(-c2ccc3c(ccc4cc(N(c5ccc6c(c5)oc5ccccc56)c5ccc6c(c5)oc5ccccc56)ccc43)c2)cc1. The fourth-order valence-electron chi connectivity index (χ4n) is 7.16. The van der Waals surface area contributed by atoms with Gasteiger partial charge in [-0.25, -0.2) is 0 Å². The number of anilines is 3. The first-order valence-electron chi connectivity index (χ1n) is 15.9. The van der Waals surface area contributed by atoms with Gasteiger partial charge in [-0.15, -0.1) is 0 Å². The molecule has 0 N–H and O–H groups in total. The van der Waals surface area contributed by atoms with Crippen LogP contribution in [-0.2, 0) is 0 Å². The van der Waals surface area contributed by atoms with E-state index in [4.69, 9.17) is 8.83 Å². The average Bonchev–Trinajstić information content (AvgIpc) is 3.69. The minimum Gasteiger partial charge on any atom is -0.456 e. The second kappa shape index (κ2) is 10.1. The second-order valence-corrected chi connectivity index (χ2v) is 12.2. The Balaban J connectivity index is 1.15. The summed E-state index contributed by atoms with van der Waals surface area (Å²) in [6.45, 7) is 0. The summed E-state index contributed by atoms with van der Waals surface area (Å²) in [5.74, 6) is 0. The van der Waals surface area contributed by atoms with E-state index in [1.165, 1.54) is 32.7 Å². The molecular weight excluding hydrogens is 574 g/mol. The molecular formula is C44H27NO2. The minimum absolute atomic E-state index is 0.861. The van der Waals surface area contributed by atoms with Crippen LogP contribution in [0.5, 0.6) is 0 Å². The van der Waals surface area contributed by atoms with Crippen molar-refractivity contribution in [3.05, 3.63) is 164 Å². The molecule has 0 radical (unpaired) electrons. The normalized spacial score (nSPS) is 11.8. The molecule has 0 atom stereocenters. The lowest BCUT2D eigenvalue weighted by molar-refractivity contribution is 0.669. The van der Waals surface area contributed by atoms with Crippen LogP contribution in [0, 0.1) is 0 Å². The highest BCUT2D eigenvalue weighted by Crippen LogP contribution is 2.42. The first kappa shape index (κ1) is 26.0. The smallest absolute Gasteiger partial charge is 0.137 e. The number of rotatable bonds is 4. The summed E-state index contributed by atoms with van der Waals surface area (Å²) in [6, 6.07) is 58.0. The van der Waals surface area contributed by atoms with Gasteiger partial charge < -0.3 is 13.7 Å². The Morgan fingerprint density at radius 3 is 1.38 bits per heavy atom. The molecule has 10 aromatic rings. The molecule has 0 saturated heterocycles. The Morgan fingerprint density at radius 1 is 0.298 bits per heavy atom. The predicted molar refractivity (Wildman–Crippen MR) is 196 cm³/mol. The standard InChI is InChI=1S/C44H27NO2/c1-2-8-28(9-3-1)29-16-20-35-30(24-29)14-15-31-25-32(17-21-36(31)35)45(33-18-22-39-37-10-4-6-12-41(37)46-43(39)26-33)34-19-23-40-38-11-5-7-13-42(38)47-44(40)27-34/h1-27H. The first-order valence-corrected chi connectivity index (χ1v) is 15.9. The molecule has 0 amide bonds. The zero-order valence-electron chi connectivity index (χ0n) is 25.4. The summed E-state index contributed by atoms with van der Waals surface area (Å²) in [5.41, 5.74) is 9.04. The van der Waals surface area contributed by atoms with Gasteiger partial charge >= 0.3 is 0 Å². The van der Waals surface area contributed by atoms with Gasteiger partial charge in [0.25, 0.3) is 0 Å². The highest BCUT2D eigenvalue weighted by atomic mass is 16.3. The number of hydrogen-bond donors (Lipinski definition) is 0. The quantitative estimate of drug-likeness (QED) is 0.188. The maximum atomic E-state index is 6.34. The summed E-state index contributed by atoms with van der Waals surface area (Å²) in [7, 11) is 0. The van der Waals surface area contributed by atoms with Crippen molar-refractivity contribution in [2.75, 3.05) is 4.90 Å². The molecule has 47 heavy (non-hydrogen) atoms. The van der Waals surface area contributed by atoms with Crippen LogP contribution >= 0.6 is 0 Å². The van der Waals surface area contributed by atoms with E-state index in [0.29, 0.717) is 0 Å². The van der Waals surface area contributed by atoms with Crippen LogP contribution in [0.25, 0.3) is 76.5 Å². The van der Waals surface area contributed by atoms with Crippen LogP contribution in [0.15, 0.2) is 173 Å². The van der Waals surface area contributed by atoms with Gasteiger partial charge in [0, 0.05) is 50.7 Å². The van der Waals surface area contributed by atoms with Crippen LogP contribution in [0.2, 0.25) is 0 Å². The van der Waals surface area contributed by atoms with E-state index in [9.17, 15) is 0 Å². The maximum absolute atomic E-state index is 6.34. The van der Waals surface area contributed by atoms with E-state index in [0.717, 1.165) is 60.9 Å². The number of fused-ring (bicyclic) bond motifs is 9. The molecule has 3 heteroatoms. The Morgan fingerprint density at radius 2 is 0.766 bits per heavy atom. The first-order chi connectivity index (χ1) is 23.3.